The summed E-state index contributed by atoms with van der Waals surface area (Å²) in [6.45, 7) is 6.14. The largest absolute Gasteiger partial charge is 0.468 e. The molecule has 0 saturated carbocycles. The van der Waals surface area contributed by atoms with Gasteiger partial charge in [0, 0.05) is 0 Å². The van der Waals surface area contributed by atoms with Crippen molar-refractivity contribution in [2.24, 2.45) is 0 Å². The molecule has 2 aromatic rings. The van der Waals surface area contributed by atoms with Gasteiger partial charge in [0.1, 0.15) is 11.5 Å². The first kappa shape index (κ1) is 10.1. The van der Waals surface area contributed by atoms with Crippen LogP contribution in [0.4, 0.5) is 0 Å². The fourth-order valence-electron chi connectivity index (χ4n) is 1.46. The molecule has 0 N–H and O–H groups in total. The first-order valence-electron chi connectivity index (χ1n) is 4.95. The first-order chi connectivity index (χ1) is 7.38. The molecule has 15 heavy (non-hydrogen) atoms. The topological polar surface area (TPSA) is 29.5 Å². The van der Waals surface area contributed by atoms with Crippen LogP contribution >= 0.6 is 0 Å². The Morgan fingerprint density at radius 3 is 1.87 bits per heavy atom. The normalized spacial score (nSPS) is 11.1. The number of nitrogens with zero attached hydrogens (tertiary/aromatic N) is 1. The highest BCUT2D eigenvalue weighted by Gasteiger charge is 2.07. The lowest BCUT2D eigenvalue weighted by molar-refractivity contribution is 0.239. The van der Waals surface area contributed by atoms with Crippen molar-refractivity contribution in [1.82, 2.24) is 4.90 Å². The molecule has 1 radical (unpaired) electrons. The SMILES string of the molecule is [CH2]CN(Cc1ccco1)Cc1ccco1. The first-order valence-corrected chi connectivity index (χ1v) is 4.95. The van der Waals surface area contributed by atoms with E-state index in [0.29, 0.717) is 0 Å². The molecule has 0 bridgehead atoms. The summed E-state index contributed by atoms with van der Waals surface area (Å²) in [5, 5.41) is 0. The molecule has 0 aliphatic carbocycles. The third-order valence-corrected chi connectivity index (χ3v) is 2.24. The van der Waals surface area contributed by atoms with E-state index < -0.39 is 0 Å². The van der Waals surface area contributed by atoms with Crippen molar-refractivity contribution in [3.8, 4) is 0 Å². The van der Waals surface area contributed by atoms with Crippen molar-refractivity contribution in [2.75, 3.05) is 6.54 Å². The van der Waals surface area contributed by atoms with E-state index in [2.05, 4.69) is 11.8 Å². The molecule has 0 aromatic carbocycles. The van der Waals surface area contributed by atoms with Crippen molar-refractivity contribution < 1.29 is 8.83 Å². The molecule has 2 rings (SSSR count). The van der Waals surface area contributed by atoms with Crippen molar-refractivity contribution in [1.29, 1.82) is 0 Å². The average molecular weight is 204 g/mol. The van der Waals surface area contributed by atoms with E-state index in [1.54, 1.807) is 12.5 Å². The third-order valence-electron chi connectivity index (χ3n) is 2.24. The van der Waals surface area contributed by atoms with Gasteiger partial charge in [-0.3, -0.25) is 4.90 Å². The Balaban J connectivity index is 1.93. The third kappa shape index (κ3) is 2.73. The van der Waals surface area contributed by atoms with Gasteiger partial charge in [-0.1, -0.05) is 0 Å². The predicted molar refractivity (Wildman–Crippen MR) is 56.9 cm³/mol. The molecule has 0 unspecified atom stereocenters. The van der Waals surface area contributed by atoms with Crippen LogP contribution in [-0.2, 0) is 13.1 Å². The minimum atomic E-state index is 0.724. The van der Waals surface area contributed by atoms with Gasteiger partial charge in [-0.25, -0.2) is 0 Å². The van der Waals surface area contributed by atoms with Crippen molar-refractivity contribution >= 4 is 0 Å². The van der Waals surface area contributed by atoms with Gasteiger partial charge in [0.05, 0.1) is 25.6 Å². The van der Waals surface area contributed by atoms with Crippen LogP contribution in [0.3, 0.4) is 0 Å². The Kier molecular flexibility index (Phi) is 3.25. The van der Waals surface area contributed by atoms with Gasteiger partial charge in [-0.2, -0.15) is 0 Å². The summed E-state index contributed by atoms with van der Waals surface area (Å²) in [7, 11) is 0. The maximum absolute atomic E-state index is 5.28. The summed E-state index contributed by atoms with van der Waals surface area (Å²) in [5.74, 6) is 1.90. The van der Waals surface area contributed by atoms with Gasteiger partial charge < -0.3 is 8.83 Å². The lowest BCUT2D eigenvalue weighted by atomic mass is 10.3. The van der Waals surface area contributed by atoms with Crippen LogP contribution in [0.1, 0.15) is 11.5 Å². The Morgan fingerprint density at radius 2 is 1.53 bits per heavy atom. The summed E-state index contributed by atoms with van der Waals surface area (Å²) >= 11 is 0. The molecule has 0 aliphatic rings. The molecule has 0 amide bonds. The predicted octanol–water partition coefficient (Wildman–Crippen LogP) is 2.71. The lowest BCUT2D eigenvalue weighted by Crippen LogP contribution is -2.21. The van der Waals surface area contributed by atoms with Gasteiger partial charge in [0.25, 0.3) is 0 Å². The standard InChI is InChI=1S/C12H14NO2/c1-2-13(9-11-5-3-7-14-11)10-12-6-4-8-15-12/h3-8H,1-2,9-10H2. The highest BCUT2D eigenvalue weighted by molar-refractivity contribution is 5.01. The molecule has 3 nitrogen and oxygen atoms in total. The Bertz CT molecular complexity index is 328. The maximum Gasteiger partial charge on any atom is 0.117 e. The number of hydrogen-bond acceptors (Lipinski definition) is 3. The van der Waals surface area contributed by atoms with Gasteiger partial charge in [0.15, 0.2) is 0 Å². The van der Waals surface area contributed by atoms with Crippen LogP contribution in [0.2, 0.25) is 0 Å². The second-order valence-corrected chi connectivity index (χ2v) is 3.37. The molecule has 2 heterocycles. The van der Waals surface area contributed by atoms with Crippen molar-refractivity contribution in [3.05, 3.63) is 55.2 Å². The summed E-state index contributed by atoms with van der Waals surface area (Å²) in [4.78, 5) is 2.15. The van der Waals surface area contributed by atoms with Crippen LogP contribution in [-0.4, -0.2) is 11.4 Å². The fourth-order valence-corrected chi connectivity index (χ4v) is 1.46. The van der Waals surface area contributed by atoms with Crippen LogP contribution in [0.15, 0.2) is 45.6 Å². The van der Waals surface area contributed by atoms with E-state index in [1.807, 2.05) is 24.3 Å². The minimum Gasteiger partial charge on any atom is -0.468 e. The van der Waals surface area contributed by atoms with Crippen LogP contribution in [0.25, 0.3) is 0 Å². The summed E-state index contributed by atoms with van der Waals surface area (Å²) in [6, 6.07) is 7.71. The summed E-state index contributed by atoms with van der Waals surface area (Å²) in [5.41, 5.74) is 0. The smallest absolute Gasteiger partial charge is 0.117 e. The summed E-state index contributed by atoms with van der Waals surface area (Å²) in [6.07, 6.45) is 3.37. The van der Waals surface area contributed by atoms with Gasteiger partial charge in [-0.15, -0.1) is 0 Å². The Labute approximate surface area is 89.3 Å². The Morgan fingerprint density at radius 1 is 1.00 bits per heavy atom. The summed E-state index contributed by atoms with van der Waals surface area (Å²) < 4.78 is 10.6. The van der Waals surface area contributed by atoms with E-state index in [-0.39, 0.29) is 0 Å². The maximum atomic E-state index is 5.28. The highest BCUT2D eigenvalue weighted by Crippen LogP contribution is 2.10. The zero-order valence-electron chi connectivity index (χ0n) is 8.56. The zero-order chi connectivity index (χ0) is 10.5. The number of furan rings is 2. The fraction of sp³-hybridized carbons (Fsp3) is 0.250. The van der Waals surface area contributed by atoms with E-state index in [1.165, 1.54) is 0 Å². The molecular formula is C12H14NO2. The Hall–Kier alpha value is -1.48. The molecule has 2 aromatic heterocycles. The highest BCUT2D eigenvalue weighted by atomic mass is 16.3. The van der Waals surface area contributed by atoms with Crippen molar-refractivity contribution in [3.63, 3.8) is 0 Å². The quantitative estimate of drug-likeness (QED) is 0.750. The minimum absolute atomic E-state index is 0.724. The van der Waals surface area contributed by atoms with Crippen molar-refractivity contribution in [2.45, 2.75) is 13.1 Å². The van der Waals surface area contributed by atoms with Gasteiger partial charge in [-0.05, 0) is 37.7 Å². The molecule has 0 spiro atoms. The lowest BCUT2D eigenvalue weighted by Gasteiger charge is -2.17. The van der Waals surface area contributed by atoms with Crippen LogP contribution in [0, 0.1) is 6.92 Å². The van der Waals surface area contributed by atoms with Gasteiger partial charge >= 0.3 is 0 Å². The van der Waals surface area contributed by atoms with E-state index >= 15 is 0 Å². The molecule has 0 aliphatic heterocycles. The van der Waals surface area contributed by atoms with E-state index in [9.17, 15) is 0 Å². The molecule has 0 atom stereocenters. The number of rotatable bonds is 5. The zero-order valence-corrected chi connectivity index (χ0v) is 8.56. The monoisotopic (exact) mass is 204 g/mol. The van der Waals surface area contributed by atoms with Crippen LogP contribution < -0.4 is 0 Å². The molecule has 3 heteroatoms. The van der Waals surface area contributed by atoms with E-state index in [0.717, 1.165) is 31.2 Å². The molecule has 79 valence electrons. The molecule has 0 fully saturated rings. The molecular weight excluding hydrogens is 190 g/mol. The van der Waals surface area contributed by atoms with Crippen LogP contribution in [0.5, 0.6) is 0 Å². The molecule has 0 saturated heterocycles. The van der Waals surface area contributed by atoms with Gasteiger partial charge in [0.2, 0.25) is 0 Å². The number of hydrogen-bond donors (Lipinski definition) is 0. The second-order valence-electron chi connectivity index (χ2n) is 3.37. The average Bonchev–Trinajstić information content (AvgIpc) is 2.89. The van der Waals surface area contributed by atoms with E-state index in [4.69, 9.17) is 8.83 Å². The second kappa shape index (κ2) is 4.84.